The van der Waals surface area contributed by atoms with Crippen LogP contribution in [-0.2, 0) is 13.0 Å². The zero-order valence-electron chi connectivity index (χ0n) is 17.2. The van der Waals surface area contributed by atoms with E-state index >= 15 is 0 Å². The van der Waals surface area contributed by atoms with Gasteiger partial charge in [0.25, 0.3) is 5.91 Å². The summed E-state index contributed by atoms with van der Waals surface area (Å²) in [6.45, 7) is 0.468. The van der Waals surface area contributed by atoms with Gasteiger partial charge < -0.3 is 19.2 Å². The first-order valence-electron chi connectivity index (χ1n) is 9.70. The molecule has 0 unspecified atom stereocenters. The van der Waals surface area contributed by atoms with Crippen LogP contribution >= 0.6 is 0 Å². The van der Waals surface area contributed by atoms with Gasteiger partial charge in [-0.1, -0.05) is 24.3 Å². The molecule has 0 aliphatic carbocycles. The molecule has 0 spiro atoms. The first-order valence-corrected chi connectivity index (χ1v) is 9.70. The number of benzene rings is 2. The van der Waals surface area contributed by atoms with Crippen LogP contribution in [-0.4, -0.2) is 34.9 Å². The maximum atomic E-state index is 13.0. The van der Waals surface area contributed by atoms with Crippen molar-refractivity contribution in [3.05, 3.63) is 78.1 Å². The number of methoxy groups -OCH3 is 2. The van der Waals surface area contributed by atoms with Crippen LogP contribution in [0.5, 0.6) is 11.5 Å². The Morgan fingerprint density at radius 3 is 2.19 bits per heavy atom. The highest BCUT2D eigenvalue weighted by atomic mass is 16.5. The smallest absolute Gasteiger partial charge is 0.254 e. The minimum absolute atomic E-state index is 0.169. The predicted octanol–water partition coefficient (Wildman–Crippen LogP) is 4.05. The van der Waals surface area contributed by atoms with Crippen LogP contribution in [0.1, 0.15) is 15.9 Å². The van der Waals surface area contributed by atoms with Crippen molar-refractivity contribution in [2.45, 2.75) is 13.0 Å². The van der Waals surface area contributed by atoms with Crippen molar-refractivity contribution in [1.29, 1.82) is 0 Å². The molecule has 4 rings (SSSR count). The van der Waals surface area contributed by atoms with Crippen molar-refractivity contribution in [2.75, 3.05) is 19.5 Å². The van der Waals surface area contributed by atoms with Gasteiger partial charge in [0.1, 0.15) is 11.5 Å². The number of carbonyl (C=O) groups excluding carboxylic acids is 1. The Kier molecular flexibility index (Phi) is 5.98. The van der Waals surface area contributed by atoms with Crippen molar-refractivity contribution in [2.24, 2.45) is 0 Å². The number of aromatic nitrogens is 3. The van der Waals surface area contributed by atoms with Crippen LogP contribution < -0.4 is 14.8 Å². The lowest BCUT2D eigenvalue weighted by Crippen LogP contribution is -2.18. The summed E-state index contributed by atoms with van der Waals surface area (Å²) in [7, 11) is 3.23. The highest BCUT2D eigenvalue weighted by molar-refractivity contribution is 5.83. The average Bonchev–Trinajstić information content (AvgIpc) is 3.48. The number of hydrogen-bond donors (Lipinski definition) is 1. The molecule has 1 N–H and O–H groups in total. The Balaban J connectivity index is 1.56. The summed E-state index contributed by atoms with van der Waals surface area (Å²) in [5.74, 6) is 2.47. The van der Waals surface area contributed by atoms with E-state index in [0.29, 0.717) is 24.1 Å². The number of ether oxygens (including phenoxy) is 2. The first-order chi connectivity index (χ1) is 15.2. The molecule has 4 aromatic rings. The molecule has 2 aromatic heterocycles. The largest absolute Gasteiger partial charge is 0.497 e. The molecule has 8 nitrogen and oxygen atoms in total. The molecule has 31 heavy (non-hydrogen) atoms. The van der Waals surface area contributed by atoms with Gasteiger partial charge in [0.05, 0.1) is 26.9 Å². The van der Waals surface area contributed by atoms with E-state index in [0.717, 1.165) is 22.6 Å². The quantitative estimate of drug-likeness (QED) is 0.461. The summed E-state index contributed by atoms with van der Waals surface area (Å²) in [6.07, 6.45) is 1.71. The second-order valence-electron chi connectivity index (χ2n) is 6.77. The lowest BCUT2D eigenvalue weighted by Gasteiger charge is -2.08. The number of nitrogens with one attached hydrogen (secondary N) is 1. The fourth-order valence-electron chi connectivity index (χ4n) is 3.03. The second kappa shape index (κ2) is 9.17. The third-order valence-electron chi connectivity index (χ3n) is 4.71. The molecule has 0 radical (unpaired) electrons. The lowest BCUT2D eigenvalue weighted by atomic mass is 10.1. The van der Waals surface area contributed by atoms with E-state index < -0.39 is 0 Å². The number of anilines is 1. The first kappa shape index (κ1) is 20.2. The molecule has 0 atom stereocenters. The van der Waals surface area contributed by atoms with Crippen LogP contribution in [0.2, 0.25) is 0 Å². The van der Waals surface area contributed by atoms with Gasteiger partial charge in [-0.2, -0.15) is 9.67 Å². The number of furan rings is 1. The monoisotopic (exact) mass is 418 g/mol. The lowest BCUT2D eigenvalue weighted by molar-refractivity contribution is 0.0901. The van der Waals surface area contributed by atoms with Crippen LogP contribution in [0.3, 0.4) is 0 Å². The van der Waals surface area contributed by atoms with Crippen LogP contribution in [0.25, 0.3) is 11.6 Å². The zero-order valence-corrected chi connectivity index (χ0v) is 17.2. The van der Waals surface area contributed by atoms with Gasteiger partial charge in [-0.05, 0) is 47.5 Å². The maximum Gasteiger partial charge on any atom is 0.254 e. The third-order valence-corrected chi connectivity index (χ3v) is 4.71. The van der Waals surface area contributed by atoms with E-state index in [9.17, 15) is 4.79 Å². The standard InChI is InChI=1S/C23H22N4O4/c1-29-18-9-5-16(6-10-18)14-21(28)27-23(25-22(26-27)20-4-3-13-31-20)24-15-17-7-11-19(30-2)12-8-17/h3-13H,14-15H2,1-2H3,(H,24,25,26). The van der Waals surface area contributed by atoms with Crippen molar-refractivity contribution >= 4 is 11.9 Å². The normalized spacial score (nSPS) is 10.6. The highest BCUT2D eigenvalue weighted by Gasteiger charge is 2.19. The molecule has 0 aliphatic rings. The van der Waals surface area contributed by atoms with E-state index in [1.165, 1.54) is 4.68 Å². The number of hydrogen-bond acceptors (Lipinski definition) is 7. The van der Waals surface area contributed by atoms with E-state index in [2.05, 4.69) is 15.4 Å². The van der Waals surface area contributed by atoms with E-state index in [1.807, 2.05) is 48.5 Å². The molecule has 2 heterocycles. The van der Waals surface area contributed by atoms with E-state index in [-0.39, 0.29) is 12.3 Å². The molecule has 2 aromatic carbocycles. The molecule has 0 aliphatic heterocycles. The summed E-state index contributed by atoms with van der Waals surface area (Å²) < 4.78 is 17.0. The summed E-state index contributed by atoms with van der Waals surface area (Å²) in [6, 6.07) is 18.5. The molecule has 0 saturated carbocycles. The summed E-state index contributed by atoms with van der Waals surface area (Å²) in [5, 5.41) is 7.58. The molecule has 0 saturated heterocycles. The van der Waals surface area contributed by atoms with Gasteiger partial charge in [-0.25, -0.2) is 0 Å². The molecule has 0 bridgehead atoms. The van der Waals surface area contributed by atoms with E-state index in [4.69, 9.17) is 13.9 Å². The molecular weight excluding hydrogens is 396 g/mol. The van der Waals surface area contributed by atoms with Crippen molar-refractivity contribution < 1.29 is 18.7 Å². The highest BCUT2D eigenvalue weighted by Crippen LogP contribution is 2.20. The van der Waals surface area contributed by atoms with Gasteiger partial charge >= 0.3 is 0 Å². The maximum absolute atomic E-state index is 13.0. The third kappa shape index (κ3) is 4.75. The van der Waals surface area contributed by atoms with Crippen molar-refractivity contribution in [3.8, 4) is 23.1 Å². The Morgan fingerprint density at radius 1 is 0.968 bits per heavy atom. The van der Waals surface area contributed by atoms with Gasteiger partial charge in [-0.3, -0.25) is 4.79 Å². The topological polar surface area (TPSA) is 91.4 Å². The van der Waals surface area contributed by atoms with Gasteiger partial charge in [0.15, 0.2) is 5.76 Å². The molecule has 0 fully saturated rings. The van der Waals surface area contributed by atoms with Crippen molar-refractivity contribution in [3.63, 3.8) is 0 Å². The Labute approximate surface area is 179 Å². The fraction of sp³-hybridized carbons (Fsp3) is 0.174. The van der Waals surface area contributed by atoms with E-state index in [1.54, 1.807) is 32.6 Å². The Morgan fingerprint density at radius 2 is 1.61 bits per heavy atom. The minimum atomic E-state index is -0.215. The van der Waals surface area contributed by atoms with Gasteiger partial charge in [0, 0.05) is 6.54 Å². The summed E-state index contributed by atoms with van der Waals surface area (Å²) in [4.78, 5) is 17.5. The molecular formula is C23H22N4O4. The Bertz CT molecular complexity index is 1130. The summed E-state index contributed by atoms with van der Waals surface area (Å²) >= 11 is 0. The van der Waals surface area contributed by atoms with Crippen LogP contribution in [0, 0.1) is 0 Å². The minimum Gasteiger partial charge on any atom is -0.497 e. The average molecular weight is 418 g/mol. The molecule has 0 amide bonds. The van der Waals surface area contributed by atoms with Gasteiger partial charge in [-0.15, -0.1) is 5.10 Å². The second-order valence-corrected chi connectivity index (χ2v) is 6.77. The summed E-state index contributed by atoms with van der Waals surface area (Å²) in [5.41, 5.74) is 1.86. The fourth-order valence-corrected chi connectivity index (χ4v) is 3.03. The van der Waals surface area contributed by atoms with Crippen LogP contribution in [0.15, 0.2) is 71.3 Å². The predicted molar refractivity (Wildman–Crippen MR) is 115 cm³/mol. The van der Waals surface area contributed by atoms with Crippen molar-refractivity contribution in [1.82, 2.24) is 14.8 Å². The SMILES string of the molecule is COc1ccc(CNc2nc(-c3ccco3)nn2C(=O)Cc2ccc(OC)cc2)cc1. The number of carbonyl (C=O) groups is 1. The number of nitrogens with zero attached hydrogens (tertiary/aromatic N) is 3. The molecule has 158 valence electrons. The van der Waals surface area contributed by atoms with Gasteiger partial charge in [0.2, 0.25) is 11.8 Å². The molecule has 8 heteroatoms. The zero-order chi connectivity index (χ0) is 21.6. The van der Waals surface area contributed by atoms with Crippen LogP contribution in [0.4, 0.5) is 5.95 Å². The Hall–Kier alpha value is -4.07. The number of rotatable bonds is 8.